The average molecular weight is 347 g/mol. The van der Waals surface area contributed by atoms with E-state index in [0.717, 1.165) is 18.5 Å². The van der Waals surface area contributed by atoms with Crippen LogP contribution in [0.15, 0.2) is 47.5 Å². The van der Waals surface area contributed by atoms with Crippen LogP contribution in [0.25, 0.3) is 0 Å². The lowest BCUT2D eigenvalue weighted by atomic mass is 10.2. The third kappa shape index (κ3) is 3.22. The van der Waals surface area contributed by atoms with E-state index in [1.807, 2.05) is 18.3 Å². The number of rotatable bonds is 5. The Hall–Kier alpha value is -2.12. The molecule has 24 heavy (non-hydrogen) atoms. The first kappa shape index (κ1) is 16.7. The molecule has 0 radical (unpaired) electrons. The summed E-state index contributed by atoms with van der Waals surface area (Å²) in [5.74, 6) is -0.100. The number of carbonyl (C=O) groups is 1. The Labute approximate surface area is 141 Å². The van der Waals surface area contributed by atoms with E-state index < -0.39 is 10.0 Å². The highest BCUT2D eigenvalue weighted by molar-refractivity contribution is 7.89. The number of hydrogen-bond donors (Lipinski definition) is 2. The van der Waals surface area contributed by atoms with Gasteiger partial charge in [0.05, 0.1) is 10.9 Å². The molecule has 1 atom stereocenters. The van der Waals surface area contributed by atoms with Crippen LogP contribution in [0.3, 0.4) is 0 Å². The van der Waals surface area contributed by atoms with Gasteiger partial charge < -0.3 is 10.3 Å². The van der Waals surface area contributed by atoms with Crippen LogP contribution in [0, 0.1) is 0 Å². The topological polar surface area (TPSA) is 82.3 Å². The number of nitrogens with one attached hydrogen (secondary N) is 2. The molecule has 1 unspecified atom stereocenters. The molecule has 0 saturated carbocycles. The minimum atomic E-state index is -3.56. The fourth-order valence-corrected chi connectivity index (χ4v) is 4.66. The van der Waals surface area contributed by atoms with Gasteiger partial charge in [-0.1, -0.05) is 6.92 Å². The van der Waals surface area contributed by atoms with Crippen LogP contribution in [0.4, 0.5) is 5.69 Å². The summed E-state index contributed by atoms with van der Waals surface area (Å²) >= 11 is 0. The predicted octanol–water partition coefficient (Wildman–Crippen LogP) is 2.89. The molecule has 1 aromatic heterocycles. The maximum Gasteiger partial charge on any atom is 0.243 e. The number of aromatic nitrogens is 1. The Morgan fingerprint density at radius 3 is 2.67 bits per heavy atom. The summed E-state index contributed by atoms with van der Waals surface area (Å²) in [4.78, 5) is 14.8. The van der Waals surface area contributed by atoms with E-state index in [0.29, 0.717) is 18.7 Å². The SMILES string of the molecule is CCC(=O)Nc1ccc(S(=O)(=O)N2CCCC2c2ccc[nH]2)cc1. The quantitative estimate of drug-likeness (QED) is 0.872. The molecule has 1 fully saturated rings. The molecule has 2 aromatic rings. The van der Waals surface area contributed by atoms with Crippen molar-refractivity contribution in [1.82, 2.24) is 9.29 Å². The van der Waals surface area contributed by atoms with Crippen LogP contribution >= 0.6 is 0 Å². The zero-order valence-electron chi connectivity index (χ0n) is 13.5. The minimum Gasteiger partial charge on any atom is -0.364 e. The van der Waals surface area contributed by atoms with Crippen molar-refractivity contribution in [2.24, 2.45) is 0 Å². The van der Waals surface area contributed by atoms with Crippen LogP contribution in [0.1, 0.15) is 37.9 Å². The van der Waals surface area contributed by atoms with Crippen molar-refractivity contribution in [3.63, 3.8) is 0 Å². The highest BCUT2D eigenvalue weighted by atomic mass is 32.2. The predicted molar refractivity (Wildman–Crippen MR) is 92.0 cm³/mol. The summed E-state index contributed by atoms with van der Waals surface area (Å²) in [6.07, 6.45) is 3.84. The minimum absolute atomic E-state index is 0.100. The second-order valence-electron chi connectivity index (χ2n) is 5.83. The summed E-state index contributed by atoms with van der Waals surface area (Å²) in [6, 6.07) is 9.99. The molecule has 0 spiro atoms. The van der Waals surface area contributed by atoms with Crippen LogP contribution in [0.2, 0.25) is 0 Å². The van der Waals surface area contributed by atoms with Crippen molar-refractivity contribution in [2.45, 2.75) is 37.1 Å². The number of nitrogens with zero attached hydrogens (tertiary/aromatic N) is 1. The van der Waals surface area contributed by atoms with E-state index in [2.05, 4.69) is 10.3 Å². The fourth-order valence-electron chi connectivity index (χ4n) is 2.99. The molecule has 1 amide bonds. The zero-order chi connectivity index (χ0) is 17.2. The van der Waals surface area contributed by atoms with Gasteiger partial charge in [-0.3, -0.25) is 4.79 Å². The molecular formula is C17H21N3O3S. The fraction of sp³-hybridized carbons (Fsp3) is 0.353. The van der Waals surface area contributed by atoms with Crippen molar-refractivity contribution in [3.8, 4) is 0 Å². The first-order valence-corrected chi connectivity index (χ1v) is 9.51. The average Bonchev–Trinajstić information content (AvgIpc) is 3.26. The molecule has 3 rings (SSSR count). The van der Waals surface area contributed by atoms with Gasteiger partial charge in [0, 0.05) is 30.5 Å². The Morgan fingerprint density at radius 1 is 1.29 bits per heavy atom. The molecule has 0 aliphatic carbocycles. The summed E-state index contributed by atoms with van der Waals surface area (Å²) in [5, 5.41) is 2.72. The van der Waals surface area contributed by atoms with Gasteiger partial charge in [-0.05, 0) is 49.2 Å². The van der Waals surface area contributed by atoms with Gasteiger partial charge in [-0.2, -0.15) is 4.31 Å². The van der Waals surface area contributed by atoms with Gasteiger partial charge in [0.2, 0.25) is 15.9 Å². The zero-order valence-corrected chi connectivity index (χ0v) is 14.3. The number of H-pyrrole nitrogens is 1. The van der Waals surface area contributed by atoms with Crippen molar-refractivity contribution >= 4 is 21.6 Å². The van der Waals surface area contributed by atoms with Gasteiger partial charge >= 0.3 is 0 Å². The molecule has 1 aromatic carbocycles. The van der Waals surface area contributed by atoms with E-state index in [-0.39, 0.29) is 16.8 Å². The van der Waals surface area contributed by atoms with Crippen molar-refractivity contribution < 1.29 is 13.2 Å². The van der Waals surface area contributed by atoms with E-state index in [1.54, 1.807) is 35.5 Å². The Balaban J connectivity index is 1.83. The maximum absolute atomic E-state index is 13.0. The number of anilines is 1. The number of carbonyl (C=O) groups excluding carboxylic acids is 1. The number of amides is 1. The van der Waals surface area contributed by atoms with E-state index in [4.69, 9.17) is 0 Å². The van der Waals surface area contributed by atoms with Crippen molar-refractivity contribution in [3.05, 3.63) is 48.3 Å². The van der Waals surface area contributed by atoms with Gasteiger partial charge in [0.25, 0.3) is 0 Å². The largest absolute Gasteiger partial charge is 0.364 e. The summed E-state index contributed by atoms with van der Waals surface area (Å²) in [6.45, 7) is 2.28. The summed E-state index contributed by atoms with van der Waals surface area (Å²) in [7, 11) is -3.56. The normalized spacial score (nSPS) is 18.6. The maximum atomic E-state index is 13.0. The van der Waals surface area contributed by atoms with Gasteiger partial charge in [0.15, 0.2) is 0 Å². The standard InChI is InChI=1S/C17H21N3O3S/c1-2-17(21)19-13-7-9-14(10-8-13)24(22,23)20-12-4-6-16(20)15-5-3-11-18-15/h3,5,7-11,16,18H,2,4,6,12H2,1H3,(H,19,21). The van der Waals surface area contributed by atoms with Crippen LogP contribution < -0.4 is 5.32 Å². The lowest BCUT2D eigenvalue weighted by Gasteiger charge is -2.23. The Bertz CT molecular complexity index is 798. The van der Waals surface area contributed by atoms with Crippen LogP contribution in [-0.4, -0.2) is 30.2 Å². The third-order valence-corrected chi connectivity index (χ3v) is 6.17. The number of benzene rings is 1. The van der Waals surface area contributed by atoms with Gasteiger partial charge in [-0.25, -0.2) is 8.42 Å². The Kier molecular flexibility index (Phi) is 4.73. The summed E-state index contributed by atoms with van der Waals surface area (Å²) < 4.78 is 27.5. The third-order valence-electron chi connectivity index (χ3n) is 4.25. The lowest BCUT2D eigenvalue weighted by molar-refractivity contribution is -0.115. The molecule has 1 aliphatic heterocycles. The molecule has 2 heterocycles. The second kappa shape index (κ2) is 6.78. The summed E-state index contributed by atoms with van der Waals surface area (Å²) in [5.41, 5.74) is 1.52. The Morgan fingerprint density at radius 2 is 2.04 bits per heavy atom. The number of aromatic amines is 1. The molecule has 2 N–H and O–H groups in total. The molecule has 128 valence electrons. The van der Waals surface area contributed by atoms with E-state index in [1.165, 1.54) is 0 Å². The molecule has 7 heteroatoms. The highest BCUT2D eigenvalue weighted by Crippen LogP contribution is 2.35. The molecule has 0 bridgehead atoms. The molecule has 1 aliphatic rings. The van der Waals surface area contributed by atoms with Crippen LogP contribution in [0.5, 0.6) is 0 Å². The smallest absolute Gasteiger partial charge is 0.243 e. The van der Waals surface area contributed by atoms with Gasteiger partial charge in [-0.15, -0.1) is 0 Å². The van der Waals surface area contributed by atoms with Gasteiger partial charge in [0.1, 0.15) is 0 Å². The highest BCUT2D eigenvalue weighted by Gasteiger charge is 2.36. The van der Waals surface area contributed by atoms with Crippen molar-refractivity contribution in [2.75, 3.05) is 11.9 Å². The molecule has 6 nitrogen and oxygen atoms in total. The first-order chi connectivity index (χ1) is 11.5. The molecular weight excluding hydrogens is 326 g/mol. The first-order valence-electron chi connectivity index (χ1n) is 8.07. The number of sulfonamides is 1. The van der Waals surface area contributed by atoms with Crippen LogP contribution in [-0.2, 0) is 14.8 Å². The van der Waals surface area contributed by atoms with E-state index >= 15 is 0 Å². The number of hydrogen-bond acceptors (Lipinski definition) is 3. The monoisotopic (exact) mass is 347 g/mol. The molecule has 1 saturated heterocycles. The second-order valence-corrected chi connectivity index (χ2v) is 7.72. The lowest BCUT2D eigenvalue weighted by Crippen LogP contribution is -2.30. The van der Waals surface area contributed by atoms with Crippen molar-refractivity contribution in [1.29, 1.82) is 0 Å². The van der Waals surface area contributed by atoms with E-state index in [9.17, 15) is 13.2 Å².